The van der Waals surface area contributed by atoms with Gasteiger partial charge in [-0.05, 0) is 25.0 Å². The van der Waals surface area contributed by atoms with Gasteiger partial charge in [-0.15, -0.1) is 0 Å². The van der Waals surface area contributed by atoms with Crippen LogP contribution >= 0.6 is 0 Å². The molecule has 0 bridgehead atoms. The summed E-state index contributed by atoms with van der Waals surface area (Å²) in [6.07, 6.45) is 4.59. The Kier molecular flexibility index (Phi) is 2.98. The fraction of sp³-hybridized carbons (Fsp3) is 0.385. The van der Waals surface area contributed by atoms with E-state index < -0.39 is 5.97 Å². The van der Waals surface area contributed by atoms with Crippen molar-refractivity contribution in [1.82, 2.24) is 15.0 Å². The number of rotatable bonds is 2. The van der Waals surface area contributed by atoms with Crippen LogP contribution in [0.3, 0.4) is 0 Å². The van der Waals surface area contributed by atoms with Crippen molar-refractivity contribution in [2.45, 2.75) is 12.8 Å². The number of carboxylic acid groups (broad SMARTS) is 1. The summed E-state index contributed by atoms with van der Waals surface area (Å²) < 4.78 is 0. The van der Waals surface area contributed by atoms with Gasteiger partial charge in [0.25, 0.3) is 0 Å². The summed E-state index contributed by atoms with van der Waals surface area (Å²) >= 11 is 0. The van der Waals surface area contributed by atoms with Crippen LogP contribution in [0.25, 0.3) is 11.2 Å². The predicted octanol–water partition coefficient (Wildman–Crippen LogP) is 1.33. The molecular weight excluding hydrogens is 244 g/mol. The highest BCUT2D eigenvalue weighted by atomic mass is 16.4. The van der Waals surface area contributed by atoms with Gasteiger partial charge in [0.05, 0.1) is 5.92 Å². The van der Waals surface area contributed by atoms with Crippen LogP contribution in [0, 0.1) is 5.92 Å². The lowest BCUT2D eigenvalue weighted by Crippen LogP contribution is -2.36. The molecule has 0 saturated carbocycles. The highest BCUT2D eigenvalue weighted by molar-refractivity contribution is 5.72. The third-order valence-electron chi connectivity index (χ3n) is 3.49. The number of anilines is 1. The van der Waals surface area contributed by atoms with E-state index >= 15 is 0 Å². The second-order valence-electron chi connectivity index (χ2n) is 4.67. The van der Waals surface area contributed by atoms with Crippen molar-refractivity contribution in [3.63, 3.8) is 0 Å². The first-order chi connectivity index (χ1) is 9.24. The lowest BCUT2D eigenvalue weighted by atomic mass is 9.97. The van der Waals surface area contributed by atoms with Crippen LogP contribution in [0.4, 0.5) is 5.82 Å². The summed E-state index contributed by atoms with van der Waals surface area (Å²) in [6.45, 7) is 1.44. The van der Waals surface area contributed by atoms with Crippen molar-refractivity contribution in [2.24, 2.45) is 5.92 Å². The maximum atomic E-state index is 10.9. The fourth-order valence-electron chi connectivity index (χ4n) is 2.38. The number of fused-ring (bicyclic) bond motifs is 1. The molecule has 0 aliphatic carbocycles. The Labute approximate surface area is 110 Å². The van der Waals surface area contributed by atoms with E-state index in [1.54, 1.807) is 12.4 Å². The third kappa shape index (κ3) is 2.33. The molecule has 6 heteroatoms. The summed E-state index contributed by atoms with van der Waals surface area (Å²) in [4.78, 5) is 25.9. The molecule has 0 amide bonds. The number of hydrogen-bond donors (Lipinski definition) is 1. The Hall–Kier alpha value is -2.24. The van der Waals surface area contributed by atoms with Crippen LogP contribution < -0.4 is 4.90 Å². The first-order valence-electron chi connectivity index (χ1n) is 6.29. The number of aromatic nitrogens is 3. The topological polar surface area (TPSA) is 79.2 Å². The Morgan fingerprint density at radius 1 is 1.21 bits per heavy atom. The van der Waals surface area contributed by atoms with E-state index in [0.29, 0.717) is 18.5 Å². The SMILES string of the molecule is O=C(O)C1CCN(c2ccc3nccnc3n2)CC1. The van der Waals surface area contributed by atoms with Gasteiger partial charge in [0.2, 0.25) is 0 Å². The molecule has 2 aromatic heterocycles. The van der Waals surface area contributed by atoms with Gasteiger partial charge < -0.3 is 10.0 Å². The smallest absolute Gasteiger partial charge is 0.306 e. The Morgan fingerprint density at radius 3 is 2.68 bits per heavy atom. The van der Waals surface area contributed by atoms with Crippen LogP contribution in [-0.2, 0) is 4.79 Å². The maximum Gasteiger partial charge on any atom is 0.306 e. The van der Waals surface area contributed by atoms with Crippen molar-refractivity contribution in [2.75, 3.05) is 18.0 Å². The molecule has 1 aliphatic rings. The first kappa shape index (κ1) is 11.8. The molecule has 0 spiro atoms. The van der Waals surface area contributed by atoms with Gasteiger partial charge in [-0.2, -0.15) is 0 Å². The van der Waals surface area contributed by atoms with Gasteiger partial charge in [-0.3, -0.25) is 9.78 Å². The number of pyridine rings is 1. The second kappa shape index (κ2) is 4.79. The average Bonchev–Trinajstić information content (AvgIpc) is 2.47. The predicted molar refractivity (Wildman–Crippen MR) is 69.9 cm³/mol. The molecule has 0 unspecified atom stereocenters. The molecule has 0 atom stereocenters. The van der Waals surface area contributed by atoms with Crippen LogP contribution in [0.15, 0.2) is 24.5 Å². The van der Waals surface area contributed by atoms with E-state index in [0.717, 1.165) is 24.4 Å². The highest BCUT2D eigenvalue weighted by Gasteiger charge is 2.25. The second-order valence-corrected chi connectivity index (χ2v) is 4.67. The molecular formula is C13H14N4O2. The van der Waals surface area contributed by atoms with E-state index in [1.807, 2.05) is 12.1 Å². The van der Waals surface area contributed by atoms with Crippen LogP contribution in [0.1, 0.15) is 12.8 Å². The van der Waals surface area contributed by atoms with E-state index in [4.69, 9.17) is 5.11 Å². The molecule has 1 saturated heterocycles. The molecule has 98 valence electrons. The third-order valence-corrected chi connectivity index (χ3v) is 3.49. The van der Waals surface area contributed by atoms with Crippen LogP contribution in [0.2, 0.25) is 0 Å². The van der Waals surface area contributed by atoms with E-state index in [9.17, 15) is 4.79 Å². The minimum Gasteiger partial charge on any atom is -0.481 e. The molecule has 0 radical (unpaired) electrons. The van der Waals surface area contributed by atoms with E-state index in [-0.39, 0.29) is 5.92 Å². The Balaban J connectivity index is 1.80. The summed E-state index contributed by atoms with van der Waals surface area (Å²) in [7, 11) is 0. The number of carboxylic acids is 1. The number of hydrogen-bond acceptors (Lipinski definition) is 5. The normalized spacial score (nSPS) is 16.7. The van der Waals surface area contributed by atoms with Crippen molar-refractivity contribution in [3.05, 3.63) is 24.5 Å². The molecule has 3 rings (SSSR count). The summed E-state index contributed by atoms with van der Waals surface area (Å²) in [5.41, 5.74) is 1.40. The minimum atomic E-state index is -0.697. The molecule has 6 nitrogen and oxygen atoms in total. The van der Waals surface area contributed by atoms with Crippen LogP contribution in [0.5, 0.6) is 0 Å². The lowest BCUT2D eigenvalue weighted by Gasteiger charge is -2.30. The minimum absolute atomic E-state index is 0.225. The highest BCUT2D eigenvalue weighted by Crippen LogP contribution is 2.23. The van der Waals surface area contributed by atoms with Gasteiger partial charge in [0, 0.05) is 25.5 Å². The molecule has 1 aliphatic heterocycles. The van der Waals surface area contributed by atoms with Crippen molar-refractivity contribution < 1.29 is 9.90 Å². The van der Waals surface area contributed by atoms with Gasteiger partial charge in [0.1, 0.15) is 11.3 Å². The van der Waals surface area contributed by atoms with Gasteiger partial charge in [-0.1, -0.05) is 0 Å². The monoisotopic (exact) mass is 258 g/mol. The molecule has 1 fully saturated rings. The molecule has 19 heavy (non-hydrogen) atoms. The Bertz CT molecular complexity index is 608. The van der Waals surface area contributed by atoms with Gasteiger partial charge in [-0.25, -0.2) is 9.97 Å². The lowest BCUT2D eigenvalue weighted by molar-refractivity contribution is -0.142. The number of piperidine rings is 1. The van der Waals surface area contributed by atoms with Crippen LogP contribution in [-0.4, -0.2) is 39.1 Å². The molecule has 3 heterocycles. The number of aliphatic carboxylic acids is 1. The average molecular weight is 258 g/mol. The number of carbonyl (C=O) groups is 1. The number of nitrogens with zero attached hydrogens (tertiary/aromatic N) is 4. The Morgan fingerprint density at radius 2 is 1.95 bits per heavy atom. The maximum absolute atomic E-state index is 10.9. The molecule has 2 aromatic rings. The molecule has 0 aromatic carbocycles. The van der Waals surface area contributed by atoms with Crippen molar-refractivity contribution >= 4 is 23.0 Å². The quantitative estimate of drug-likeness (QED) is 0.875. The zero-order valence-electron chi connectivity index (χ0n) is 10.4. The standard InChI is InChI=1S/C13H14N4O2/c18-13(19)9-3-7-17(8-4-9)11-2-1-10-12(16-11)15-6-5-14-10/h1-2,5-6,9H,3-4,7-8H2,(H,18,19). The van der Waals surface area contributed by atoms with E-state index in [2.05, 4.69) is 19.9 Å². The van der Waals surface area contributed by atoms with Gasteiger partial charge in [0.15, 0.2) is 5.65 Å². The fourth-order valence-corrected chi connectivity index (χ4v) is 2.38. The van der Waals surface area contributed by atoms with E-state index in [1.165, 1.54) is 0 Å². The molecule has 1 N–H and O–H groups in total. The summed E-state index contributed by atoms with van der Waals surface area (Å²) in [5.74, 6) is -0.0784. The zero-order chi connectivity index (χ0) is 13.2. The van der Waals surface area contributed by atoms with Gasteiger partial charge >= 0.3 is 5.97 Å². The van der Waals surface area contributed by atoms with Crippen molar-refractivity contribution in [3.8, 4) is 0 Å². The summed E-state index contributed by atoms with van der Waals surface area (Å²) in [6, 6.07) is 3.81. The summed E-state index contributed by atoms with van der Waals surface area (Å²) in [5, 5.41) is 8.98. The largest absolute Gasteiger partial charge is 0.481 e. The van der Waals surface area contributed by atoms with Crippen molar-refractivity contribution in [1.29, 1.82) is 0 Å². The first-order valence-corrected chi connectivity index (χ1v) is 6.29. The zero-order valence-corrected chi connectivity index (χ0v) is 10.4.